The molecule has 0 aliphatic heterocycles. The van der Waals surface area contributed by atoms with Gasteiger partial charge in [-0.3, -0.25) is 0 Å². The molecule has 0 atom stereocenters. The number of anilines is 1. The summed E-state index contributed by atoms with van der Waals surface area (Å²) in [5, 5.41) is 3.36. The Hall–Kier alpha value is -1.20. The van der Waals surface area contributed by atoms with Crippen LogP contribution < -0.4 is 10.2 Å². The molecule has 1 rings (SSSR count). The molecule has 0 aliphatic carbocycles. The maximum Gasteiger partial charge on any atom is 0.136 e. The van der Waals surface area contributed by atoms with Gasteiger partial charge in [0.05, 0.1) is 6.61 Å². The molecule has 17 heavy (non-hydrogen) atoms. The van der Waals surface area contributed by atoms with E-state index in [9.17, 15) is 0 Å². The molecule has 0 aliphatic rings. The standard InChI is InChI=1S/C12H22N4O/c1-4-5-13-8-11-9-14-10-15-12(11)16(2)6-7-17-3/h9-10,13H,4-8H2,1-3H3. The fraction of sp³-hybridized carbons (Fsp3) is 0.667. The van der Waals surface area contributed by atoms with Gasteiger partial charge in [-0.2, -0.15) is 0 Å². The van der Waals surface area contributed by atoms with Gasteiger partial charge in [-0.15, -0.1) is 0 Å². The van der Waals surface area contributed by atoms with Gasteiger partial charge < -0.3 is 15.0 Å². The first-order chi connectivity index (χ1) is 8.29. The molecule has 0 aromatic carbocycles. The molecule has 0 unspecified atom stereocenters. The van der Waals surface area contributed by atoms with E-state index in [1.807, 2.05) is 13.2 Å². The van der Waals surface area contributed by atoms with Crippen LogP contribution in [0, 0.1) is 0 Å². The van der Waals surface area contributed by atoms with Crippen LogP contribution in [0.25, 0.3) is 0 Å². The van der Waals surface area contributed by atoms with Crippen LogP contribution in [0.3, 0.4) is 0 Å². The average molecular weight is 238 g/mol. The first kappa shape index (κ1) is 13.9. The summed E-state index contributed by atoms with van der Waals surface area (Å²) in [4.78, 5) is 10.5. The lowest BCUT2D eigenvalue weighted by Gasteiger charge is -2.20. The number of hydrogen-bond acceptors (Lipinski definition) is 5. The largest absolute Gasteiger partial charge is 0.383 e. The number of hydrogen-bond donors (Lipinski definition) is 1. The molecule has 96 valence electrons. The van der Waals surface area contributed by atoms with Crippen molar-refractivity contribution in [2.24, 2.45) is 0 Å². The minimum absolute atomic E-state index is 0.697. The molecule has 0 amide bonds. The first-order valence-corrected chi connectivity index (χ1v) is 5.99. The molecule has 5 heteroatoms. The monoisotopic (exact) mass is 238 g/mol. The molecule has 1 heterocycles. The lowest BCUT2D eigenvalue weighted by atomic mass is 10.3. The van der Waals surface area contributed by atoms with E-state index in [1.165, 1.54) is 0 Å². The summed E-state index contributed by atoms with van der Waals surface area (Å²) in [5.74, 6) is 0.973. The topological polar surface area (TPSA) is 50.3 Å². The molecule has 0 saturated carbocycles. The smallest absolute Gasteiger partial charge is 0.136 e. The number of nitrogens with zero attached hydrogens (tertiary/aromatic N) is 3. The van der Waals surface area contributed by atoms with E-state index in [1.54, 1.807) is 13.4 Å². The SMILES string of the molecule is CCCNCc1cncnc1N(C)CCOC. The van der Waals surface area contributed by atoms with Gasteiger partial charge in [-0.05, 0) is 13.0 Å². The first-order valence-electron chi connectivity index (χ1n) is 5.99. The second-order valence-corrected chi connectivity index (χ2v) is 3.96. The summed E-state index contributed by atoms with van der Waals surface area (Å²) >= 11 is 0. The second-order valence-electron chi connectivity index (χ2n) is 3.96. The molecular formula is C12H22N4O. The Balaban J connectivity index is 2.62. The number of nitrogens with one attached hydrogen (secondary N) is 1. The van der Waals surface area contributed by atoms with Crippen LogP contribution in [0.4, 0.5) is 5.82 Å². The zero-order valence-corrected chi connectivity index (χ0v) is 10.9. The zero-order valence-electron chi connectivity index (χ0n) is 10.9. The normalized spacial score (nSPS) is 10.5. The minimum Gasteiger partial charge on any atom is -0.383 e. The maximum absolute atomic E-state index is 5.07. The summed E-state index contributed by atoms with van der Waals surface area (Å²) in [6, 6.07) is 0. The van der Waals surface area contributed by atoms with Gasteiger partial charge in [-0.1, -0.05) is 6.92 Å². The van der Waals surface area contributed by atoms with Crippen molar-refractivity contribution in [3.05, 3.63) is 18.1 Å². The van der Waals surface area contributed by atoms with Crippen molar-refractivity contribution in [2.45, 2.75) is 19.9 Å². The van der Waals surface area contributed by atoms with Crippen LogP contribution in [0.1, 0.15) is 18.9 Å². The number of rotatable bonds is 8. The minimum atomic E-state index is 0.697. The Labute approximate surface area is 103 Å². The van der Waals surface area contributed by atoms with Crippen molar-refractivity contribution in [1.29, 1.82) is 0 Å². The van der Waals surface area contributed by atoms with Gasteiger partial charge in [0.15, 0.2) is 0 Å². The van der Waals surface area contributed by atoms with E-state index < -0.39 is 0 Å². The highest BCUT2D eigenvalue weighted by atomic mass is 16.5. The van der Waals surface area contributed by atoms with Gasteiger partial charge in [-0.25, -0.2) is 9.97 Å². The van der Waals surface area contributed by atoms with Gasteiger partial charge >= 0.3 is 0 Å². The summed E-state index contributed by atoms with van der Waals surface area (Å²) in [6.07, 6.45) is 4.58. The summed E-state index contributed by atoms with van der Waals surface area (Å²) in [5.41, 5.74) is 1.12. The highest BCUT2D eigenvalue weighted by molar-refractivity contribution is 5.44. The van der Waals surface area contributed by atoms with Crippen LogP contribution in [0.15, 0.2) is 12.5 Å². The molecule has 0 spiro atoms. The van der Waals surface area contributed by atoms with E-state index in [2.05, 4.69) is 27.1 Å². The lowest BCUT2D eigenvalue weighted by molar-refractivity contribution is 0.206. The quantitative estimate of drug-likeness (QED) is 0.686. The lowest BCUT2D eigenvalue weighted by Crippen LogP contribution is -2.26. The third-order valence-corrected chi connectivity index (χ3v) is 2.50. The fourth-order valence-corrected chi connectivity index (χ4v) is 1.55. The second kappa shape index (κ2) is 7.97. The predicted octanol–water partition coefficient (Wildman–Crippen LogP) is 1.06. The molecule has 1 N–H and O–H groups in total. The van der Waals surface area contributed by atoms with E-state index in [0.717, 1.165) is 37.4 Å². The number of likely N-dealkylation sites (N-methyl/N-ethyl adjacent to an activating group) is 1. The third kappa shape index (κ3) is 4.66. The predicted molar refractivity (Wildman–Crippen MR) is 69.2 cm³/mol. The number of ether oxygens (including phenoxy) is 1. The van der Waals surface area contributed by atoms with Crippen molar-refractivity contribution in [3.63, 3.8) is 0 Å². The third-order valence-electron chi connectivity index (χ3n) is 2.50. The number of aromatic nitrogens is 2. The van der Waals surface area contributed by atoms with Gasteiger partial charge in [0.1, 0.15) is 12.1 Å². The van der Waals surface area contributed by atoms with Gasteiger partial charge in [0.25, 0.3) is 0 Å². The molecule has 0 bridgehead atoms. The van der Waals surface area contributed by atoms with Crippen LogP contribution in [0.2, 0.25) is 0 Å². The summed E-state index contributed by atoms with van der Waals surface area (Å²) in [6.45, 7) is 5.49. The summed E-state index contributed by atoms with van der Waals surface area (Å²) in [7, 11) is 3.72. The number of methoxy groups -OCH3 is 1. The Bertz CT molecular complexity index is 319. The Morgan fingerprint density at radius 3 is 3.00 bits per heavy atom. The summed E-state index contributed by atoms with van der Waals surface area (Å²) < 4.78 is 5.07. The molecule has 1 aromatic heterocycles. The Morgan fingerprint density at radius 1 is 1.47 bits per heavy atom. The van der Waals surface area contributed by atoms with Crippen LogP contribution in [0.5, 0.6) is 0 Å². The molecule has 0 radical (unpaired) electrons. The van der Waals surface area contributed by atoms with Crippen LogP contribution >= 0.6 is 0 Å². The zero-order chi connectivity index (χ0) is 12.5. The van der Waals surface area contributed by atoms with Gasteiger partial charge in [0.2, 0.25) is 0 Å². The molecule has 5 nitrogen and oxygen atoms in total. The van der Waals surface area contributed by atoms with E-state index in [4.69, 9.17) is 4.74 Å². The van der Waals surface area contributed by atoms with Crippen LogP contribution in [-0.4, -0.2) is 43.8 Å². The van der Waals surface area contributed by atoms with Crippen molar-refractivity contribution >= 4 is 5.82 Å². The highest BCUT2D eigenvalue weighted by Gasteiger charge is 2.08. The van der Waals surface area contributed by atoms with Crippen molar-refractivity contribution in [3.8, 4) is 0 Å². The van der Waals surface area contributed by atoms with Crippen molar-refractivity contribution in [2.75, 3.05) is 38.8 Å². The molecular weight excluding hydrogens is 216 g/mol. The van der Waals surface area contributed by atoms with Crippen molar-refractivity contribution in [1.82, 2.24) is 15.3 Å². The molecule has 0 saturated heterocycles. The molecule has 0 fully saturated rings. The average Bonchev–Trinajstić information content (AvgIpc) is 2.37. The van der Waals surface area contributed by atoms with E-state index in [0.29, 0.717) is 6.61 Å². The molecule has 1 aromatic rings. The Morgan fingerprint density at radius 2 is 2.29 bits per heavy atom. The van der Waals surface area contributed by atoms with Crippen LogP contribution in [-0.2, 0) is 11.3 Å². The van der Waals surface area contributed by atoms with E-state index in [-0.39, 0.29) is 0 Å². The van der Waals surface area contributed by atoms with Crippen molar-refractivity contribution < 1.29 is 4.74 Å². The highest BCUT2D eigenvalue weighted by Crippen LogP contribution is 2.13. The van der Waals surface area contributed by atoms with E-state index >= 15 is 0 Å². The fourth-order valence-electron chi connectivity index (χ4n) is 1.55. The Kier molecular flexibility index (Phi) is 6.50. The maximum atomic E-state index is 5.07. The van der Waals surface area contributed by atoms with Gasteiger partial charge in [0, 0.05) is 39.0 Å².